The van der Waals surface area contributed by atoms with Crippen LogP contribution in [0.3, 0.4) is 0 Å². The van der Waals surface area contributed by atoms with E-state index < -0.39 is 0 Å². The normalized spacial score (nSPS) is 11.6. The highest BCUT2D eigenvalue weighted by molar-refractivity contribution is 7.26. The summed E-state index contributed by atoms with van der Waals surface area (Å²) < 4.78 is 2.64. The molecular formula is C54H35NS. The Kier molecular flexibility index (Phi) is 7.75. The summed E-state index contributed by atoms with van der Waals surface area (Å²) in [5, 5.41) is 10.3. The van der Waals surface area contributed by atoms with Crippen LogP contribution in [0.15, 0.2) is 212 Å². The summed E-state index contributed by atoms with van der Waals surface area (Å²) in [6, 6.07) is 77.7. The first-order valence-electron chi connectivity index (χ1n) is 19.2. The Labute approximate surface area is 330 Å². The molecule has 0 radical (unpaired) electrons. The van der Waals surface area contributed by atoms with Gasteiger partial charge >= 0.3 is 0 Å². The smallest absolute Gasteiger partial charge is 0.0540 e. The predicted molar refractivity (Wildman–Crippen MR) is 243 cm³/mol. The van der Waals surface area contributed by atoms with Gasteiger partial charge in [0, 0.05) is 37.1 Å². The van der Waals surface area contributed by atoms with Crippen LogP contribution in [0.25, 0.3) is 85.9 Å². The molecule has 0 N–H and O–H groups in total. The Morgan fingerprint density at radius 2 is 0.946 bits per heavy atom. The molecule has 1 nitrogen and oxygen atoms in total. The maximum atomic E-state index is 2.42. The molecule has 11 rings (SSSR count). The number of fused-ring (bicyclic) bond motifs is 8. The molecule has 0 aliphatic rings. The van der Waals surface area contributed by atoms with Crippen molar-refractivity contribution in [3.8, 4) is 33.4 Å². The van der Waals surface area contributed by atoms with Gasteiger partial charge in [-0.1, -0.05) is 170 Å². The second-order valence-electron chi connectivity index (χ2n) is 14.5. The fraction of sp³-hybridized carbons (Fsp3) is 0. The van der Waals surface area contributed by atoms with Gasteiger partial charge in [-0.05, 0) is 103 Å². The van der Waals surface area contributed by atoms with E-state index in [2.05, 4.69) is 217 Å². The van der Waals surface area contributed by atoms with Crippen molar-refractivity contribution in [3.05, 3.63) is 212 Å². The summed E-state index contributed by atoms with van der Waals surface area (Å²) in [6.45, 7) is 0. The van der Waals surface area contributed by atoms with Crippen LogP contribution in [0.5, 0.6) is 0 Å². The average molecular weight is 730 g/mol. The monoisotopic (exact) mass is 729 g/mol. The summed E-state index contributed by atoms with van der Waals surface area (Å²) in [6.07, 6.45) is 0. The minimum Gasteiger partial charge on any atom is -0.310 e. The van der Waals surface area contributed by atoms with Crippen molar-refractivity contribution in [2.75, 3.05) is 4.90 Å². The topological polar surface area (TPSA) is 3.24 Å². The lowest BCUT2D eigenvalue weighted by atomic mass is 9.94. The van der Waals surface area contributed by atoms with Crippen LogP contribution in [0.2, 0.25) is 0 Å². The maximum absolute atomic E-state index is 2.42. The minimum atomic E-state index is 1.10. The van der Waals surface area contributed by atoms with E-state index in [0.29, 0.717) is 0 Å². The van der Waals surface area contributed by atoms with Crippen molar-refractivity contribution in [1.29, 1.82) is 0 Å². The molecule has 0 atom stereocenters. The highest BCUT2D eigenvalue weighted by Gasteiger charge is 2.19. The lowest BCUT2D eigenvalue weighted by molar-refractivity contribution is 1.28. The molecule has 0 amide bonds. The van der Waals surface area contributed by atoms with E-state index >= 15 is 0 Å². The quantitative estimate of drug-likeness (QED) is 0.154. The van der Waals surface area contributed by atoms with Crippen molar-refractivity contribution in [2.45, 2.75) is 0 Å². The van der Waals surface area contributed by atoms with Crippen LogP contribution in [-0.2, 0) is 0 Å². The summed E-state index contributed by atoms with van der Waals surface area (Å²) in [7, 11) is 0. The third kappa shape index (κ3) is 5.46. The first-order valence-corrected chi connectivity index (χ1v) is 20.0. The zero-order valence-electron chi connectivity index (χ0n) is 30.6. The van der Waals surface area contributed by atoms with E-state index in [1.54, 1.807) is 0 Å². The minimum absolute atomic E-state index is 1.10. The van der Waals surface area contributed by atoms with Crippen LogP contribution in [-0.4, -0.2) is 0 Å². The Balaban J connectivity index is 1.06. The molecule has 56 heavy (non-hydrogen) atoms. The molecule has 0 spiro atoms. The number of hydrogen-bond donors (Lipinski definition) is 0. The van der Waals surface area contributed by atoms with E-state index in [-0.39, 0.29) is 0 Å². The van der Waals surface area contributed by atoms with E-state index in [1.807, 2.05) is 11.3 Å². The fourth-order valence-corrected chi connectivity index (χ4v) is 9.79. The van der Waals surface area contributed by atoms with Gasteiger partial charge in [0.2, 0.25) is 0 Å². The van der Waals surface area contributed by atoms with Crippen LogP contribution < -0.4 is 4.90 Å². The summed E-state index contributed by atoms with van der Waals surface area (Å²) in [5.74, 6) is 0. The van der Waals surface area contributed by atoms with E-state index in [9.17, 15) is 0 Å². The van der Waals surface area contributed by atoms with Crippen molar-refractivity contribution in [2.24, 2.45) is 0 Å². The van der Waals surface area contributed by atoms with Gasteiger partial charge < -0.3 is 4.90 Å². The summed E-state index contributed by atoms with van der Waals surface area (Å²) in [5.41, 5.74) is 10.6. The van der Waals surface area contributed by atoms with Crippen LogP contribution in [0.4, 0.5) is 17.1 Å². The van der Waals surface area contributed by atoms with E-state index in [1.165, 1.54) is 85.9 Å². The second kappa shape index (κ2) is 13.4. The van der Waals surface area contributed by atoms with Gasteiger partial charge in [-0.2, -0.15) is 0 Å². The zero-order valence-corrected chi connectivity index (χ0v) is 31.4. The molecule has 11 aromatic rings. The van der Waals surface area contributed by atoms with E-state index in [0.717, 1.165) is 17.1 Å². The highest BCUT2D eigenvalue weighted by atomic mass is 32.1. The Hall–Kier alpha value is -7.00. The average Bonchev–Trinajstić information content (AvgIpc) is 3.66. The van der Waals surface area contributed by atoms with Gasteiger partial charge in [0.1, 0.15) is 0 Å². The molecule has 0 bridgehead atoms. The Morgan fingerprint density at radius 3 is 1.82 bits per heavy atom. The molecule has 0 saturated heterocycles. The fourth-order valence-electron chi connectivity index (χ4n) is 8.55. The number of benzene rings is 10. The van der Waals surface area contributed by atoms with Crippen LogP contribution in [0, 0.1) is 0 Å². The van der Waals surface area contributed by atoms with Crippen molar-refractivity contribution >= 4 is 80.9 Å². The molecule has 0 unspecified atom stereocenters. The molecule has 1 aromatic heterocycles. The van der Waals surface area contributed by atoms with Crippen molar-refractivity contribution in [1.82, 2.24) is 0 Å². The number of para-hydroxylation sites is 1. The number of rotatable bonds is 6. The predicted octanol–water partition coefficient (Wildman–Crippen LogP) is 16.0. The zero-order chi connectivity index (χ0) is 37.0. The van der Waals surface area contributed by atoms with Gasteiger partial charge in [-0.3, -0.25) is 0 Å². The molecule has 0 aliphatic heterocycles. The lowest BCUT2D eigenvalue weighted by Gasteiger charge is -2.28. The SMILES string of the molecule is c1ccc(-c2ccccc2N(c2ccc(-c3ccc4ccc5ccc6ccccc6c5c4c3)cc2)c2cccc(-c3cccc4c3sc3ccccc34)c2)cc1. The molecule has 0 fully saturated rings. The molecule has 1 heterocycles. The number of thiophene rings is 1. The second-order valence-corrected chi connectivity index (χ2v) is 15.5. The van der Waals surface area contributed by atoms with E-state index in [4.69, 9.17) is 0 Å². The summed E-state index contributed by atoms with van der Waals surface area (Å²) in [4.78, 5) is 2.42. The molecule has 2 heteroatoms. The third-order valence-electron chi connectivity index (χ3n) is 11.2. The van der Waals surface area contributed by atoms with Crippen LogP contribution in [0.1, 0.15) is 0 Å². The van der Waals surface area contributed by atoms with Crippen molar-refractivity contribution < 1.29 is 0 Å². The summed E-state index contributed by atoms with van der Waals surface area (Å²) >= 11 is 1.88. The van der Waals surface area contributed by atoms with Gasteiger partial charge in [-0.15, -0.1) is 11.3 Å². The molecular weight excluding hydrogens is 695 g/mol. The number of hydrogen-bond acceptors (Lipinski definition) is 2. The first-order chi connectivity index (χ1) is 27.8. The molecule has 0 saturated carbocycles. The third-order valence-corrected chi connectivity index (χ3v) is 12.5. The molecule has 10 aromatic carbocycles. The van der Waals surface area contributed by atoms with Gasteiger partial charge in [0.25, 0.3) is 0 Å². The largest absolute Gasteiger partial charge is 0.310 e. The van der Waals surface area contributed by atoms with Gasteiger partial charge in [0.15, 0.2) is 0 Å². The number of anilines is 3. The first kappa shape index (κ1) is 32.4. The maximum Gasteiger partial charge on any atom is 0.0540 e. The lowest BCUT2D eigenvalue weighted by Crippen LogP contribution is -2.11. The highest BCUT2D eigenvalue weighted by Crippen LogP contribution is 2.45. The Bertz CT molecular complexity index is 3240. The number of nitrogens with zero attached hydrogens (tertiary/aromatic N) is 1. The standard InChI is InChI=1S/C54H35NS/c1-2-12-37(13-3-1)45-17-6-8-22-51(45)55(44-16-10-15-42(34-44)47-20-11-21-49-48-19-7-9-23-52(48)56-54(47)49)43-32-30-36(31-33-43)41-29-26-39-25-28-40-27-24-38-14-4-5-18-46(38)53(40)50(39)35-41/h1-35H. The Morgan fingerprint density at radius 1 is 0.321 bits per heavy atom. The molecule has 0 aliphatic carbocycles. The van der Waals surface area contributed by atoms with Crippen molar-refractivity contribution in [3.63, 3.8) is 0 Å². The van der Waals surface area contributed by atoms with Gasteiger partial charge in [-0.25, -0.2) is 0 Å². The van der Waals surface area contributed by atoms with Gasteiger partial charge in [0.05, 0.1) is 5.69 Å². The molecule has 262 valence electrons. The van der Waals surface area contributed by atoms with Crippen LogP contribution >= 0.6 is 11.3 Å².